The molecule has 0 bridgehead atoms. The number of carbonyl (C=O) groups is 1. The highest BCUT2D eigenvalue weighted by atomic mass is 16.5. The number of nitrogens with one attached hydrogen (secondary N) is 1. The molecule has 0 saturated heterocycles. The van der Waals surface area contributed by atoms with Crippen LogP contribution in [-0.4, -0.2) is 40.3 Å². The second-order valence-electron chi connectivity index (χ2n) is 7.34. The van der Waals surface area contributed by atoms with Crippen LogP contribution in [0.25, 0.3) is 16.8 Å². The van der Waals surface area contributed by atoms with Crippen LogP contribution in [-0.2, 0) is 11.3 Å². The van der Waals surface area contributed by atoms with Crippen molar-refractivity contribution in [3.63, 3.8) is 0 Å². The zero-order valence-electron chi connectivity index (χ0n) is 17.9. The van der Waals surface area contributed by atoms with Crippen LogP contribution in [0, 0.1) is 6.92 Å². The highest BCUT2D eigenvalue weighted by Gasteiger charge is 2.10. The third-order valence-corrected chi connectivity index (χ3v) is 5.00. The Balaban J connectivity index is 1.38. The molecule has 2 aromatic heterocycles. The first-order chi connectivity index (χ1) is 15.5. The van der Waals surface area contributed by atoms with Crippen LogP contribution in [0.3, 0.4) is 0 Å². The predicted octanol–water partition coefficient (Wildman–Crippen LogP) is 2.68. The molecular formula is C24H24N4O4. The molecule has 0 aliphatic heterocycles. The summed E-state index contributed by atoms with van der Waals surface area (Å²) in [7, 11) is 1.61. The molecule has 1 N–H and O–H groups in total. The van der Waals surface area contributed by atoms with Gasteiger partial charge >= 0.3 is 0 Å². The van der Waals surface area contributed by atoms with Gasteiger partial charge in [0.25, 0.3) is 11.5 Å². The maximum absolute atomic E-state index is 12.9. The molecule has 0 aliphatic carbocycles. The minimum Gasteiger partial charge on any atom is -0.497 e. The number of nitrogens with zero attached hydrogens (tertiary/aromatic N) is 3. The summed E-state index contributed by atoms with van der Waals surface area (Å²) in [4.78, 5) is 24.9. The van der Waals surface area contributed by atoms with E-state index in [0.717, 1.165) is 16.9 Å². The van der Waals surface area contributed by atoms with E-state index in [1.54, 1.807) is 40.7 Å². The van der Waals surface area contributed by atoms with Gasteiger partial charge in [-0.05, 0) is 42.8 Å². The zero-order valence-corrected chi connectivity index (χ0v) is 17.9. The van der Waals surface area contributed by atoms with E-state index in [4.69, 9.17) is 9.47 Å². The minimum absolute atomic E-state index is 0.0795. The van der Waals surface area contributed by atoms with E-state index in [0.29, 0.717) is 30.0 Å². The first-order valence-corrected chi connectivity index (χ1v) is 10.2. The standard InChI is InChI=1S/C24H24N4O4/c1-17-5-3-8-20(13-17)32-16-23(29)25-9-10-27-11-12-28-22(24(27)30)15-21(26-28)18-6-4-7-19(14-18)31-2/h3-8,11-15H,9-10,16H2,1-2H3,(H,25,29). The Labute approximate surface area is 185 Å². The number of ether oxygens (including phenoxy) is 2. The van der Waals surface area contributed by atoms with Gasteiger partial charge in [-0.25, -0.2) is 4.52 Å². The van der Waals surface area contributed by atoms with Crippen LogP contribution in [0.15, 0.2) is 71.8 Å². The molecule has 32 heavy (non-hydrogen) atoms. The lowest BCUT2D eigenvalue weighted by Crippen LogP contribution is -2.33. The van der Waals surface area contributed by atoms with Crippen LogP contribution >= 0.6 is 0 Å². The van der Waals surface area contributed by atoms with Gasteiger partial charge in [-0.15, -0.1) is 0 Å². The van der Waals surface area contributed by atoms with Crippen LogP contribution < -0.4 is 20.3 Å². The van der Waals surface area contributed by atoms with Gasteiger partial charge in [-0.1, -0.05) is 24.3 Å². The van der Waals surface area contributed by atoms with Crippen molar-refractivity contribution in [2.45, 2.75) is 13.5 Å². The maximum atomic E-state index is 12.9. The van der Waals surface area contributed by atoms with Crippen molar-refractivity contribution in [2.24, 2.45) is 0 Å². The molecule has 0 aliphatic rings. The zero-order chi connectivity index (χ0) is 22.5. The average Bonchev–Trinajstić information content (AvgIpc) is 3.25. The maximum Gasteiger partial charge on any atom is 0.276 e. The minimum atomic E-state index is -0.245. The molecule has 2 aromatic carbocycles. The molecule has 0 radical (unpaired) electrons. The average molecular weight is 432 g/mol. The second kappa shape index (κ2) is 9.38. The number of amides is 1. The van der Waals surface area contributed by atoms with Crippen molar-refractivity contribution < 1.29 is 14.3 Å². The highest BCUT2D eigenvalue weighted by molar-refractivity contribution is 5.77. The summed E-state index contributed by atoms with van der Waals surface area (Å²) in [5.74, 6) is 1.12. The molecular weight excluding hydrogens is 408 g/mol. The summed E-state index contributed by atoms with van der Waals surface area (Å²) >= 11 is 0. The van der Waals surface area contributed by atoms with Crippen molar-refractivity contribution in [3.05, 3.63) is 82.9 Å². The Bertz CT molecular complexity index is 1310. The lowest BCUT2D eigenvalue weighted by atomic mass is 10.1. The second-order valence-corrected chi connectivity index (χ2v) is 7.34. The van der Waals surface area contributed by atoms with Crippen molar-refractivity contribution in [2.75, 3.05) is 20.3 Å². The Morgan fingerprint density at radius 1 is 1.06 bits per heavy atom. The SMILES string of the molecule is COc1cccc(-c2cc3c(=O)n(CCNC(=O)COc4cccc(C)c4)ccn3n2)c1. The lowest BCUT2D eigenvalue weighted by Gasteiger charge is -2.09. The fraction of sp³-hybridized carbons (Fsp3) is 0.208. The number of hydrogen-bond donors (Lipinski definition) is 1. The molecule has 4 aromatic rings. The van der Waals surface area contributed by atoms with Crippen molar-refractivity contribution in [1.82, 2.24) is 19.5 Å². The number of aromatic nitrogens is 3. The lowest BCUT2D eigenvalue weighted by molar-refractivity contribution is -0.123. The van der Waals surface area contributed by atoms with Crippen molar-refractivity contribution in [3.8, 4) is 22.8 Å². The number of benzene rings is 2. The quantitative estimate of drug-likeness (QED) is 0.463. The molecule has 2 heterocycles. The molecule has 1 amide bonds. The van der Waals surface area contributed by atoms with Crippen LogP contribution in [0.2, 0.25) is 0 Å². The van der Waals surface area contributed by atoms with Gasteiger partial charge in [0.2, 0.25) is 0 Å². The van der Waals surface area contributed by atoms with Gasteiger partial charge in [0.15, 0.2) is 6.61 Å². The normalized spacial score (nSPS) is 10.8. The number of carbonyl (C=O) groups excluding carboxylic acids is 1. The van der Waals surface area contributed by atoms with Crippen LogP contribution in [0.5, 0.6) is 11.5 Å². The molecule has 0 atom stereocenters. The topological polar surface area (TPSA) is 86.9 Å². The summed E-state index contributed by atoms with van der Waals surface area (Å²) in [5.41, 5.74) is 2.88. The number of aryl methyl sites for hydroxylation is 1. The molecule has 8 nitrogen and oxygen atoms in total. The van der Waals surface area contributed by atoms with Gasteiger partial charge in [-0.2, -0.15) is 5.10 Å². The molecule has 0 fully saturated rings. The third kappa shape index (κ3) is 4.80. The molecule has 0 spiro atoms. The fourth-order valence-corrected chi connectivity index (χ4v) is 3.35. The molecule has 0 unspecified atom stereocenters. The Morgan fingerprint density at radius 2 is 1.88 bits per heavy atom. The Hall–Kier alpha value is -4.07. The molecule has 4 rings (SSSR count). The van der Waals surface area contributed by atoms with Gasteiger partial charge in [-0.3, -0.25) is 9.59 Å². The molecule has 164 valence electrons. The van der Waals surface area contributed by atoms with Gasteiger partial charge in [0.1, 0.15) is 17.0 Å². The van der Waals surface area contributed by atoms with E-state index in [1.165, 1.54) is 0 Å². The number of methoxy groups -OCH3 is 1. The summed E-state index contributed by atoms with van der Waals surface area (Å²) in [6.45, 7) is 2.53. The van der Waals surface area contributed by atoms with Crippen LogP contribution in [0.1, 0.15) is 5.56 Å². The number of rotatable bonds is 8. The van der Waals surface area contributed by atoms with Crippen molar-refractivity contribution >= 4 is 11.4 Å². The van der Waals surface area contributed by atoms with E-state index in [1.807, 2.05) is 49.4 Å². The predicted molar refractivity (Wildman–Crippen MR) is 121 cm³/mol. The summed E-state index contributed by atoms with van der Waals surface area (Å²) in [6, 6.07) is 16.8. The first kappa shape index (κ1) is 21.2. The Kier molecular flexibility index (Phi) is 6.21. The third-order valence-electron chi connectivity index (χ3n) is 5.00. The summed E-state index contributed by atoms with van der Waals surface area (Å²) in [6.07, 6.45) is 3.39. The highest BCUT2D eigenvalue weighted by Crippen LogP contribution is 2.23. The fourth-order valence-electron chi connectivity index (χ4n) is 3.35. The van der Waals surface area contributed by atoms with E-state index in [9.17, 15) is 9.59 Å². The summed E-state index contributed by atoms with van der Waals surface area (Å²) in [5, 5.41) is 7.26. The smallest absolute Gasteiger partial charge is 0.276 e. The summed E-state index contributed by atoms with van der Waals surface area (Å²) < 4.78 is 13.9. The van der Waals surface area contributed by atoms with E-state index in [-0.39, 0.29) is 18.1 Å². The molecule has 8 heteroatoms. The first-order valence-electron chi connectivity index (χ1n) is 10.2. The number of hydrogen-bond acceptors (Lipinski definition) is 5. The number of fused-ring (bicyclic) bond motifs is 1. The largest absolute Gasteiger partial charge is 0.497 e. The van der Waals surface area contributed by atoms with Gasteiger partial charge < -0.3 is 19.4 Å². The van der Waals surface area contributed by atoms with E-state index >= 15 is 0 Å². The molecule has 0 saturated carbocycles. The van der Waals surface area contributed by atoms with E-state index in [2.05, 4.69) is 10.4 Å². The monoisotopic (exact) mass is 432 g/mol. The van der Waals surface area contributed by atoms with E-state index < -0.39 is 0 Å². The van der Waals surface area contributed by atoms with Gasteiger partial charge in [0, 0.05) is 31.0 Å². The van der Waals surface area contributed by atoms with Crippen molar-refractivity contribution in [1.29, 1.82) is 0 Å². The van der Waals surface area contributed by atoms with Gasteiger partial charge in [0.05, 0.1) is 12.8 Å². The van der Waals surface area contributed by atoms with Crippen LogP contribution in [0.4, 0.5) is 0 Å². The Morgan fingerprint density at radius 3 is 2.69 bits per heavy atom.